The number of ether oxygens (including phenoxy) is 1. The summed E-state index contributed by atoms with van der Waals surface area (Å²) in [6, 6.07) is 13.3. The summed E-state index contributed by atoms with van der Waals surface area (Å²) in [5.74, 6) is 0.593. The van der Waals surface area contributed by atoms with Gasteiger partial charge >= 0.3 is 0 Å². The van der Waals surface area contributed by atoms with Gasteiger partial charge in [0.25, 0.3) is 0 Å². The van der Waals surface area contributed by atoms with E-state index in [1.54, 1.807) is 18.2 Å². The van der Waals surface area contributed by atoms with E-state index in [1.807, 2.05) is 19.1 Å². The van der Waals surface area contributed by atoms with Gasteiger partial charge in [-0.05, 0) is 37.1 Å². The highest BCUT2D eigenvalue weighted by Gasteiger charge is 2.21. The van der Waals surface area contributed by atoms with Gasteiger partial charge in [0.05, 0.1) is 5.02 Å². The molecule has 0 aliphatic rings. The third-order valence-electron chi connectivity index (χ3n) is 3.41. The fourth-order valence-electron chi connectivity index (χ4n) is 2.08. The molecule has 2 nitrogen and oxygen atoms in total. The molecule has 0 bridgehead atoms. The molecule has 4 heteroatoms. The lowest BCUT2D eigenvalue weighted by Crippen LogP contribution is -2.31. The van der Waals surface area contributed by atoms with Crippen LogP contribution in [-0.4, -0.2) is 6.04 Å². The van der Waals surface area contributed by atoms with E-state index in [4.69, 9.17) is 33.7 Å². The summed E-state index contributed by atoms with van der Waals surface area (Å²) in [4.78, 5) is 0. The molecule has 0 aromatic heterocycles. The van der Waals surface area contributed by atoms with Crippen LogP contribution in [0.4, 0.5) is 0 Å². The Kier molecular flexibility index (Phi) is 5.51. The van der Waals surface area contributed by atoms with Gasteiger partial charge in [0.1, 0.15) is 11.9 Å². The average Bonchev–Trinajstić information content (AvgIpc) is 2.47. The summed E-state index contributed by atoms with van der Waals surface area (Å²) >= 11 is 12.1. The van der Waals surface area contributed by atoms with E-state index >= 15 is 0 Å². The SMILES string of the molecule is CCC(N)C(Oc1ccc(Cl)cc1Cl)c1ccc(C)cc1. The molecule has 0 saturated carbocycles. The molecule has 0 spiro atoms. The summed E-state index contributed by atoms with van der Waals surface area (Å²) in [5, 5.41) is 1.07. The smallest absolute Gasteiger partial charge is 0.139 e. The molecule has 0 heterocycles. The van der Waals surface area contributed by atoms with Gasteiger partial charge in [-0.2, -0.15) is 0 Å². The molecule has 2 N–H and O–H groups in total. The fraction of sp³-hybridized carbons (Fsp3) is 0.294. The largest absolute Gasteiger partial charge is 0.483 e. The van der Waals surface area contributed by atoms with Crippen molar-refractivity contribution >= 4 is 23.2 Å². The number of rotatable bonds is 5. The Morgan fingerprint density at radius 1 is 1.10 bits per heavy atom. The van der Waals surface area contributed by atoms with Gasteiger partial charge in [-0.15, -0.1) is 0 Å². The maximum absolute atomic E-state index is 6.22. The van der Waals surface area contributed by atoms with Gasteiger partial charge in [-0.1, -0.05) is 60.0 Å². The van der Waals surface area contributed by atoms with E-state index < -0.39 is 0 Å². The molecule has 0 saturated heterocycles. The standard InChI is InChI=1S/C17H19Cl2NO/c1-3-15(20)17(12-6-4-11(2)5-7-12)21-16-9-8-13(18)10-14(16)19/h4-10,15,17H,3,20H2,1-2H3. The highest BCUT2D eigenvalue weighted by molar-refractivity contribution is 6.35. The molecular weight excluding hydrogens is 305 g/mol. The Labute approximate surface area is 135 Å². The van der Waals surface area contributed by atoms with Crippen LogP contribution < -0.4 is 10.5 Å². The molecule has 0 radical (unpaired) electrons. The second-order valence-electron chi connectivity index (χ2n) is 5.10. The van der Waals surface area contributed by atoms with Gasteiger partial charge in [0.15, 0.2) is 0 Å². The highest BCUT2D eigenvalue weighted by Crippen LogP contribution is 2.32. The molecule has 21 heavy (non-hydrogen) atoms. The van der Waals surface area contributed by atoms with Crippen molar-refractivity contribution in [2.75, 3.05) is 0 Å². The molecule has 2 unspecified atom stereocenters. The summed E-state index contributed by atoms with van der Waals surface area (Å²) in [5.41, 5.74) is 8.46. The Morgan fingerprint density at radius 2 is 1.76 bits per heavy atom. The van der Waals surface area contributed by atoms with E-state index in [0.29, 0.717) is 15.8 Å². The van der Waals surface area contributed by atoms with E-state index in [9.17, 15) is 0 Å². The summed E-state index contributed by atoms with van der Waals surface area (Å²) in [7, 11) is 0. The number of benzene rings is 2. The summed E-state index contributed by atoms with van der Waals surface area (Å²) < 4.78 is 6.06. The molecule has 2 rings (SSSR count). The van der Waals surface area contributed by atoms with Gasteiger partial charge in [-0.3, -0.25) is 0 Å². The lowest BCUT2D eigenvalue weighted by atomic mass is 10.00. The maximum Gasteiger partial charge on any atom is 0.139 e. The van der Waals surface area contributed by atoms with Crippen LogP contribution in [0.15, 0.2) is 42.5 Å². The van der Waals surface area contributed by atoms with Crippen molar-refractivity contribution in [3.63, 3.8) is 0 Å². The van der Waals surface area contributed by atoms with Crippen molar-refractivity contribution in [3.05, 3.63) is 63.6 Å². The topological polar surface area (TPSA) is 35.2 Å². The fourth-order valence-corrected chi connectivity index (χ4v) is 2.53. The normalized spacial score (nSPS) is 13.8. The zero-order chi connectivity index (χ0) is 15.4. The van der Waals surface area contributed by atoms with Crippen molar-refractivity contribution in [1.82, 2.24) is 0 Å². The monoisotopic (exact) mass is 323 g/mol. The van der Waals surface area contributed by atoms with Crippen LogP contribution in [0, 0.1) is 6.92 Å². The quantitative estimate of drug-likeness (QED) is 0.824. The molecule has 0 amide bonds. The van der Waals surface area contributed by atoms with Crippen LogP contribution >= 0.6 is 23.2 Å². The molecule has 0 fully saturated rings. The van der Waals surface area contributed by atoms with Crippen molar-refractivity contribution in [1.29, 1.82) is 0 Å². The van der Waals surface area contributed by atoms with Crippen LogP contribution in [0.1, 0.15) is 30.6 Å². The van der Waals surface area contributed by atoms with Crippen molar-refractivity contribution in [2.24, 2.45) is 5.73 Å². The third-order valence-corrected chi connectivity index (χ3v) is 3.94. The van der Waals surface area contributed by atoms with Crippen LogP contribution in [0.2, 0.25) is 10.0 Å². The molecule has 112 valence electrons. The van der Waals surface area contributed by atoms with Crippen molar-refractivity contribution in [3.8, 4) is 5.75 Å². The maximum atomic E-state index is 6.22. The highest BCUT2D eigenvalue weighted by atomic mass is 35.5. The lowest BCUT2D eigenvalue weighted by molar-refractivity contribution is 0.171. The lowest BCUT2D eigenvalue weighted by Gasteiger charge is -2.25. The molecule has 2 aromatic carbocycles. The number of aryl methyl sites for hydroxylation is 1. The molecule has 2 atom stereocenters. The third kappa shape index (κ3) is 4.13. The number of nitrogens with two attached hydrogens (primary N) is 1. The molecular formula is C17H19Cl2NO. The molecule has 0 aliphatic carbocycles. The van der Waals surface area contributed by atoms with Gasteiger partial charge in [0, 0.05) is 11.1 Å². The predicted molar refractivity (Wildman–Crippen MR) is 89.3 cm³/mol. The predicted octanol–water partition coefficient (Wildman–Crippen LogP) is 5.16. The minimum Gasteiger partial charge on any atom is -0.483 e. The minimum atomic E-state index is -0.241. The van der Waals surface area contributed by atoms with Crippen LogP contribution in [0.5, 0.6) is 5.75 Å². The van der Waals surface area contributed by atoms with E-state index in [1.165, 1.54) is 5.56 Å². The Hall–Kier alpha value is -1.22. The van der Waals surface area contributed by atoms with Crippen molar-refractivity contribution < 1.29 is 4.74 Å². The molecule has 0 aliphatic heterocycles. The van der Waals surface area contributed by atoms with Gasteiger partial charge in [-0.25, -0.2) is 0 Å². The van der Waals surface area contributed by atoms with Crippen LogP contribution in [-0.2, 0) is 0 Å². The van der Waals surface area contributed by atoms with E-state index in [0.717, 1.165) is 12.0 Å². The number of hydrogen-bond donors (Lipinski definition) is 1. The minimum absolute atomic E-state index is 0.112. The Balaban J connectivity index is 2.30. The number of hydrogen-bond acceptors (Lipinski definition) is 2. The second-order valence-corrected chi connectivity index (χ2v) is 5.94. The number of halogens is 2. The first-order valence-electron chi connectivity index (χ1n) is 6.95. The second kappa shape index (κ2) is 7.17. The zero-order valence-electron chi connectivity index (χ0n) is 12.1. The molecule has 2 aromatic rings. The van der Waals surface area contributed by atoms with E-state index in [-0.39, 0.29) is 12.1 Å². The van der Waals surface area contributed by atoms with Gasteiger partial charge in [0.2, 0.25) is 0 Å². The average molecular weight is 324 g/mol. The summed E-state index contributed by atoms with van der Waals surface area (Å²) in [6.45, 7) is 4.09. The van der Waals surface area contributed by atoms with Crippen LogP contribution in [0.3, 0.4) is 0 Å². The summed E-state index contributed by atoms with van der Waals surface area (Å²) in [6.07, 6.45) is 0.568. The van der Waals surface area contributed by atoms with Crippen LogP contribution in [0.25, 0.3) is 0 Å². The van der Waals surface area contributed by atoms with Crippen molar-refractivity contribution in [2.45, 2.75) is 32.4 Å². The first-order valence-corrected chi connectivity index (χ1v) is 7.70. The zero-order valence-corrected chi connectivity index (χ0v) is 13.7. The van der Waals surface area contributed by atoms with E-state index in [2.05, 4.69) is 19.1 Å². The first kappa shape index (κ1) is 16.2. The first-order chi connectivity index (χ1) is 10.0. The Bertz CT molecular complexity index is 598. The Morgan fingerprint density at radius 3 is 2.33 bits per heavy atom. The van der Waals surface area contributed by atoms with Gasteiger partial charge < -0.3 is 10.5 Å².